The summed E-state index contributed by atoms with van der Waals surface area (Å²) in [7, 11) is 0. The number of nitrogens with zero attached hydrogens (tertiary/aromatic N) is 2. The summed E-state index contributed by atoms with van der Waals surface area (Å²) >= 11 is 0. The van der Waals surface area contributed by atoms with Gasteiger partial charge in [0.25, 0.3) is 5.56 Å². The average molecular weight is 194 g/mol. The lowest BCUT2D eigenvalue weighted by molar-refractivity contribution is -0.140. The van der Waals surface area contributed by atoms with Crippen molar-refractivity contribution in [2.75, 3.05) is 6.61 Å². The predicted octanol–water partition coefficient (Wildman–Crippen LogP) is 0.0397. The van der Waals surface area contributed by atoms with Crippen LogP contribution in [0.4, 0.5) is 0 Å². The molecule has 0 aromatic carbocycles. The van der Waals surface area contributed by atoms with Crippen LogP contribution in [0.1, 0.15) is 18.2 Å². The Balaban J connectivity index is 2.41. The minimum Gasteiger partial charge on any atom is -0.464 e. The fraction of sp³-hybridized carbons (Fsp3) is 0.444. The molecule has 1 aromatic rings. The number of rotatable bonds is 1. The molecule has 1 unspecified atom stereocenters. The monoisotopic (exact) mass is 194 g/mol. The second-order valence-corrected chi connectivity index (χ2v) is 3.25. The van der Waals surface area contributed by atoms with E-state index in [1.54, 1.807) is 6.92 Å². The van der Waals surface area contributed by atoms with E-state index in [-0.39, 0.29) is 11.5 Å². The Morgan fingerprint density at radius 1 is 1.57 bits per heavy atom. The molecule has 1 aliphatic heterocycles. The van der Waals surface area contributed by atoms with E-state index in [1.165, 1.54) is 17.0 Å². The van der Waals surface area contributed by atoms with Crippen LogP contribution in [0.3, 0.4) is 0 Å². The van der Waals surface area contributed by atoms with Crippen LogP contribution in [-0.2, 0) is 9.53 Å². The van der Waals surface area contributed by atoms with Gasteiger partial charge in [0.05, 0.1) is 12.9 Å². The first kappa shape index (κ1) is 8.93. The first-order chi connectivity index (χ1) is 6.68. The summed E-state index contributed by atoms with van der Waals surface area (Å²) in [4.78, 5) is 26.7. The molecule has 0 N–H and O–H groups in total. The highest BCUT2D eigenvalue weighted by Crippen LogP contribution is 2.17. The molecule has 0 amide bonds. The number of aryl methyl sites for hydroxylation is 1. The van der Waals surface area contributed by atoms with Gasteiger partial charge in [-0.15, -0.1) is 0 Å². The van der Waals surface area contributed by atoms with Crippen molar-refractivity contribution >= 4 is 5.97 Å². The summed E-state index contributed by atoms with van der Waals surface area (Å²) in [5.74, 6) is -0.349. The van der Waals surface area contributed by atoms with E-state index in [4.69, 9.17) is 4.74 Å². The summed E-state index contributed by atoms with van der Waals surface area (Å²) in [6.07, 6.45) is 1.94. The largest absolute Gasteiger partial charge is 0.464 e. The van der Waals surface area contributed by atoms with Crippen LogP contribution in [-0.4, -0.2) is 22.1 Å². The van der Waals surface area contributed by atoms with Crippen molar-refractivity contribution in [2.24, 2.45) is 0 Å². The Kier molecular flexibility index (Phi) is 2.07. The average Bonchev–Trinajstić information content (AvgIpc) is 2.52. The van der Waals surface area contributed by atoms with E-state index in [0.717, 1.165) is 0 Å². The van der Waals surface area contributed by atoms with Gasteiger partial charge in [0.1, 0.15) is 6.04 Å². The second-order valence-electron chi connectivity index (χ2n) is 3.25. The van der Waals surface area contributed by atoms with Crippen molar-refractivity contribution in [3.05, 3.63) is 28.4 Å². The molecular formula is C9H10N2O3. The van der Waals surface area contributed by atoms with Crippen LogP contribution >= 0.6 is 0 Å². The minimum atomic E-state index is -0.490. The molecule has 1 saturated heterocycles. The zero-order valence-corrected chi connectivity index (χ0v) is 7.77. The van der Waals surface area contributed by atoms with Gasteiger partial charge in [-0.05, 0) is 6.92 Å². The summed E-state index contributed by atoms with van der Waals surface area (Å²) in [5, 5.41) is 0. The van der Waals surface area contributed by atoms with Gasteiger partial charge in [0.2, 0.25) is 0 Å². The molecule has 0 aliphatic carbocycles. The molecule has 0 radical (unpaired) electrons. The van der Waals surface area contributed by atoms with E-state index in [0.29, 0.717) is 18.7 Å². The minimum absolute atomic E-state index is 0.207. The lowest BCUT2D eigenvalue weighted by atomic mass is 10.2. The Bertz CT molecular complexity index is 424. The zero-order valence-electron chi connectivity index (χ0n) is 7.77. The van der Waals surface area contributed by atoms with Gasteiger partial charge in [-0.2, -0.15) is 0 Å². The summed E-state index contributed by atoms with van der Waals surface area (Å²) in [6, 6.07) is 0.918. The van der Waals surface area contributed by atoms with Crippen LogP contribution < -0.4 is 5.56 Å². The van der Waals surface area contributed by atoms with Crippen molar-refractivity contribution < 1.29 is 9.53 Å². The van der Waals surface area contributed by atoms with Crippen LogP contribution in [0.5, 0.6) is 0 Å². The predicted molar refractivity (Wildman–Crippen MR) is 47.8 cm³/mol. The molecule has 14 heavy (non-hydrogen) atoms. The Labute approximate surface area is 80.3 Å². The first-order valence-corrected chi connectivity index (χ1v) is 4.40. The Morgan fingerprint density at radius 3 is 2.93 bits per heavy atom. The maximum absolute atomic E-state index is 11.5. The summed E-state index contributed by atoms with van der Waals surface area (Å²) in [5.41, 5.74) is 0.443. The van der Waals surface area contributed by atoms with Gasteiger partial charge in [0.15, 0.2) is 0 Å². The molecule has 1 fully saturated rings. The molecule has 2 heterocycles. The molecule has 5 heteroatoms. The van der Waals surface area contributed by atoms with Crippen LogP contribution in [0.2, 0.25) is 0 Å². The van der Waals surface area contributed by atoms with Crippen molar-refractivity contribution in [1.82, 2.24) is 9.55 Å². The van der Waals surface area contributed by atoms with Crippen LogP contribution in [0.15, 0.2) is 17.2 Å². The SMILES string of the molecule is Cc1cc(=O)n(C2CCOC2=O)cn1. The number of hydrogen-bond donors (Lipinski definition) is 0. The number of carbonyl (C=O) groups is 1. The third-order valence-electron chi connectivity index (χ3n) is 2.22. The molecular weight excluding hydrogens is 184 g/mol. The van der Waals surface area contributed by atoms with E-state index in [2.05, 4.69) is 4.98 Å². The van der Waals surface area contributed by atoms with Crippen molar-refractivity contribution in [3.8, 4) is 0 Å². The van der Waals surface area contributed by atoms with Gasteiger partial charge >= 0.3 is 5.97 Å². The topological polar surface area (TPSA) is 61.2 Å². The highest BCUT2D eigenvalue weighted by molar-refractivity contribution is 5.75. The molecule has 0 spiro atoms. The number of ether oxygens (including phenoxy) is 1. The molecule has 2 rings (SSSR count). The van der Waals surface area contributed by atoms with Crippen molar-refractivity contribution in [1.29, 1.82) is 0 Å². The highest BCUT2D eigenvalue weighted by Gasteiger charge is 2.28. The summed E-state index contributed by atoms with van der Waals surface area (Å²) in [6.45, 7) is 2.11. The van der Waals surface area contributed by atoms with Gasteiger partial charge in [-0.25, -0.2) is 9.78 Å². The van der Waals surface area contributed by atoms with Gasteiger partial charge in [-0.3, -0.25) is 9.36 Å². The summed E-state index contributed by atoms with van der Waals surface area (Å²) < 4.78 is 6.10. The number of hydrogen-bond acceptors (Lipinski definition) is 4. The normalized spacial score (nSPS) is 20.9. The molecule has 1 aliphatic rings. The second kappa shape index (κ2) is 3.25. The van der Waals surface area contributed by atoms with Gasteiger partial charge in [0, 0.05) is 18.2 Å². The molecule has 0 bridgehead atoms. The van der Waals surface area contributed by atoms with Crippen LogP contribution in [0.25, 0.3) is 0 Å². The van der Waals surface area contributed by atoms with E-state index >= 15 is 0 Å². The highest BCUT2D eigenvalue weighted by atomic mass is 16.5. The van der Waals surface area contributed by atoms with Gasteiger partial charge in [-0.1, -0.05) is 0 Å². The Morgan fingerprint density at radius 2 is 2.36 bits per heavy atom. The number of esters is 1. The third kappa shape index (κ3) is 1.41. The molecule has 0 saturated carbocycles. The quantitative estimate of drug-likeness (QED) is 0.592. The molecule has 1 atom stereocenters. The first-order valence-electron chi connectivity index (χ1n) is 4.40. The van der Waals surface area contributed by atoms with Crippen molar-refractivity contribution in [3.63, 3.8) is 0 Å². The number of cyclic esters (lactones) is 1. The van der Waals surface area contributed by atoms with Crippen molar-refractivity contribution in [2.45, 2.75) is 19.4 Å². The fourth-order valence-corrected chi connectivity index (χ4v) is 1.47. The Hall–Kier alpha value is -1.65. The maximum atomic E-state index is 11.5. The van der Waals surface area contributed by atoms with E-state index in [9.17, 15) is 9.59 Å². The molecule has 1 aromatic heterocycles. The van der Waals surface area contributed by atoms with Crippen LogP contribution in [0, 0.1) is 6.92 Å². The molecule has 74 valence electrons. The lowest BCUT2D eigenvalue weighted by Gasteiger charge is -2.08. The zero-order chi connectivity index (χ0) is 10.1. The number of carbonyl (C=O) groups excluding carboxylic acids is 1. The van der Waals surface area contributed by atoms with Gasteiger partial charge < -0.3 is 4.74 Å². The van der Waals surface area contributed by atoms with E-state index in [1.807, 2.05) is 0 Å². The smallest absolute Gasteiger partial charge is 0.329 e. The van der Waals surface area contributed by atoms with E-state index < -0.39 is 6.04 Å². The molecule has 5 nitrogen and oxygen atoms in total. The number of aromatic nitrogens is 2. The maximum Gasteiger partial charge on any atom is 0.329 e. The standard InChI is InChI=1S/C9H10N2O3/c1-6-4-8(12)11(5-10-6)7-2-3-14-9(7)13/h4-5,7H,2-3H2,1H3. The third-order valence-corrected chi connectivity index (χ3v) is 2.22. The lowest BCUT2D eigenvalue weighted by Crippen LogP contribution is -2.27. The fourth-order valence-electron chi connectivity index (χ4n) is 1.47.